The Balaban J connectivity index is 1.60. The molecule has 0 bridgehead atoms. The summed E-state index contributed by atoms with van der Waals surface area (Å²) in [5.74, 6) is -0.927. The quantitative estimate of drug-likeness (QED) is 0.246. The lowest BCUT2D eigenvalue weighted by atomic mass is 9.64. The molecule has 3 aromatic carbocycles. The molecule has 6 rings (SSSR count). The van der Waals surface area contributed by atoms with Gasteiger partial charge in [-0.25, -0.2) is 14.6 Å². The van der Waals surface area contributed by atoms with Crippen molar-refractivity contribution in [3.8, 4) is 0 Å². The number of urea groups is 1. The molecule has 0 unspecified atom stereocenters. The van der Waals surface area contributed by atoms with Crippen molar-refractivity contribution < 1.29 is 19.3 Å². The summed E-state index contributed by atoms with van der Waals surface area (Å²) in [4.78, 5) is 59.0. The van der Waals surface area contributed by atoms with E-state index in [1.165, 1.54) is 12.1 Å². The van der Waals surface area contributed by atoms with E-state index in [-0.39, 0.29) is 18.0 Å². The number of piperidine rings is 1. The molecule has 3 aliphatic rings. The van der Waals surface area contributed by atoms with Crippen molar-refractivity contribution in [1.29, 1.82) is 0 Å². The molecular weight excluding hydrogens is 508 g/mol. The summed E-state index contributed by atoms with van der Waals surface area (Å²) in [5, 5.41) is 11.7. The average molecular weight is 539 g/mol. The Labute approximate surface area is 232 Å². The predicted molar refractivity (Wildman–Crippen MR) is 151 cm³/mol. The highest BCUT2D eigenvalue weighted by atomic mass is 16.6. The number of rotatable bonds is 3. The van der Waals surface area contributed by atoms with Crippen molar-refractivity contribution >= 4 is 40.6 Å². The summed E-state index contributed by atoms with van der Waals surface area (Å²) in [7, 11) is 0. The molecule has 0 radical (unpaired) electrons. The molecule has 3 heterocycles. The molecule has 4 amide bonds. The van der Waals surface area contributed by atoms with Crippen LogP contribution in [0.3, 0.4) is 0 Å². The Morgan fingerprint density at radius 3 is 1.93 bits per heavy atom. The fraction of sp³-hybridized carbons (Fsp3) is 0.323. The maximum Gasteiger partial charge on any atom is 0.342 e. The minimum absolute atomic E-state index is 0.0342. The van der Waals surface area contributed by atoms with E-state index in [0.717, 1.165) is 33.0 Å². The number of carbonyl (C=O) groups excluding carboxylic acids is 3. The first-order valence-electron chi connectivity index (χ1n) is 13.5. The van der Waals surface area contributed by atoms with Gasteiger partial charge in [-0.05, 0) is 68.5 Å². The van der Waals surface area contributed by atoms with E-state index >= 15 is 0 Å². The summed E-state index contributed by atoms with van der Waals surface area (Å²) < 4.78 is 0. The van der Waals surface area contributed by atoms with Gasteiger partial charge in [-0.3, -0.25) is 19.7 Å². The van der Waals surface area contributed by atoms with Crippen LogP contribution in [-0.4, -0.2) is 35.4 Å². The topological polar surface area (TPSA) is 104 Å². The summed E-state index contributed by atoms with van der Waals surface area (Å²) in [5.41, 5.74) is 2.30. The van der Waals surface area contributed by atoms with Gasteiger partial charge in [0, 0.05) is 30.8 Å². The van der Waals surface area contributed by atoms with E-state index in [4.69, 9.17) is 0 Å². The second-order valence-electron chi connectivity index (χ2n) is 11.3. The van der Waals surface area contributed by atoms with Gasteiger partial charge in [-0.2, -0.15) is 0 Å². The number of nitrogens with zero attached hydrogens (tertiary/aromatic N) is 4. The number of nitro groups is 1. The van der Waals surface area contributed by atoms with Gasteiger partial charge in [-0.15, -0.1) is 0 Å². The fourth-order valence-electron chi connectivity index (χ4n) is 6.47. The van der Waals surface area contributed by atoms with E-state index in [1.54, 1.807) is 30.3 Å². The number of nitro benzene ring substituents is 1. The third kappa shape index (κ3) is 3.79. The SMILES string of the molecule is Cc1ccc(N2C(=O)N(c3ccc(C)cc3)C(=O)C3(Cc4cc([N+](=O)[O-])ccc4N4CC[C@@H](C)C[C@H]43)C2=O)cc1. The lowest BCUT2D eigenvalue weighted by molar-refractivity contribution is -0.384. The first-order valence-corrected chi connectivity index (χ1v) is 13.5. The second-order valence-corrected chi connectivity index (χ2v) is 11.3. The van der Waals surface area contributed by atoms with Gasteiger partial charge in [0.15, 0.2) is 5.41 Å². The zero-order valence-corrected chi connectivity index (χ0v) is 22.7. The number of aryl methyl sites for hydroxylation is 2. The standard InChI is InChI=1S/C31H30N4O5/c1-19-4-8-23(9-5-19)33-28(36)31(29(37)34(30(33)38)24-10-6-20(2)7-11-24)18-22-17-25(35(39)40)12-13-26(22)32-15-14-21(3)16-27(31)32/h4-13,17,21,27H,14-16,18H2,1-3H3/t21-,27+/m1/s1. The first kappa shape index (κ1) is 25.7. The van der Waals surface area contributed by atoms with Crippen LogP contribution in [0.1, 0.15) is 36.5 Å². The predicted octanol–water partition coefficient (Wildman–Crippen LogP) is 5.56. The van der Waals surface area contributed by atoms with Crippen LogP contribution in [0, 0.1) is 35.3 Å². The molecule has 0 N–H and O–H groups in total. The molecule has 3 aliphatic heterocycles. The van der Waals surface area contributed by atoms with Crippen molar-refractivity contribution in [1.82, 2.24) is 0 Å². The Kier molecular flexibility index (Phi) is 5.98. The summed E-state index contributed by atoms with van der Waals surface area (Å²) in [6.45, 7) is 6.54. The molecule has 0 aromatic heterocycles. The number of benzene rings is 3. The van der Waals surface area contributed by atoms with Crippen LogP contribution in [0.2, 0.25) is 0 Å². The normalized spacial score (nSPS) is 21.9. The van der Waals surface area contributed by atoms with E-state index in [0.29, 0.717) is 29.9 Å². The number of fused-ring (bicyclic) bond motifs is 4. The van der Waals surface area contributed by atoms with Crippen LogP contribution in [0.5, 0.6) is 0 Å². The Morgan fingerprint density at radius 2 is 1.40 bits per heavy atom. The molecule has 40 heavy (non-hydrogen) atoms. The lowest BCUT2D eigenvalue weighted by Gasteiger charge is -2.56. The number of imide groups is 2. The average Bonchev–Trinajstić information content (AvgIpc) is 2.93. The molecule has 2 atom stereocenters. The van der Waals surface area contributed by atoms with Crippen LogP contribution < -0.4 is 14.7 Å². The molecule has 2 saturated heterocycles. The van der Waals surface area contributed by atoms with Crippen LogP contribution in [0.25, 0.3) is 0 Å². The summed E-state index contributed by atoms with van der Waals surface area (Å²) in [6, 6.07) is 17.6. The van der Waals surface area contributed by atoms with Gasteiger partial charge in [0.1, 0.15) is 0 Å². The maximum atomic E-state index is 14.7. The zero-order valence-electron chi connectivity index (χ0n) is 22.7. The van der Waals surface area contributed by atoms with Crippen molar-refractivity contribution in [2.24, 2.45) is 11.3 Å². The fourth-order valence-corrected chi connectivity index (χ4v) is 6.47. The van der Waals surface area contributed by atoms with Gasteiger partial charge >= 0.3 is 6.03 Å². The molecule has 0 aliphatic carbocycles. The van der Waals surface area contributed by atoms with Crippen LogP contribution in [0.15, 0.2) is 66.7 Å². The minimum Gasteiger partial charge on any atom is -0.367 e. The van der Waals surface area contributed by atoms with Crippen molar-refractivity contribution in [3.63, 3.8) is 0 Å². The molecule has 204 valence electrons. The Bertz CT molecular complexity index is 1480. The second kappa shape index (κ2) is 9.29. The minimum atomic E-state index is -1.65. The highest BCUT2D eigenvalue weighted by molar-refractivity contribution is 6.39. The van der Waals surface area contributed by atoms with E-state index in [2.05, 4.69) is 11.8 Å². The van der Waals surface area contributed by atoms with Crippen LogP contribution in [-0.2, 0) is 16.0 Å². The van der Waals surface area contributed by atoms with Gasteiger partial charge < -0.3 is 4.90 Å². The molecule has 2 fully saturated rings. The third-order valence-electron chi connectivity index (χ3n) is 8.62. The Morgan fingerprint density at radius 1 is 0.850 bits per heavy atom. The van der Waals surface area contributed by atoms with E-state index < -0.39 is 34.2 Å². The van der Waals surface area contributed by atoms with Gasteiger partial charge in [0.25, 0.3) is 17.5 Å². The highest BCUT2D eigenvalue weighted by Crippen LogP contribution is 2.51. The molecule has 9 nitrogen and oxygen atoms in total. The van der Waals surface area contributed by atoms with E-state index in [9.17, 15) is 24.5 Å². The number of hydrogen-bond donors (Lipinski definition) is 0. The number of anilines is 3. The van der Waals surface area contributed by atoms with Crippen molar-refractivity contribution in [2.45, 2.75) is 46.1 Å². The van der Waals surface area contributed by atoms with Crippen LogP contribution in [0.4, 0.5) is 27.5 Å². The monoisotopic (exact) mass is 538 g/mol. The molecule has 0 saturated carbocycles. The van der Waals surface area contributed by atoms with Gasteiger partial charge in [0.05, 0.1) is 22.3 Å². The molecule has 3 aromatic rings. The third-order valence-corrected chi connectivity index (χ3v) is 8.62. The van der Waals surface area contributed by atoms with Crippen molar-refractivity contribution in [2.75, 3.05) is 21.2 Å². The molecular formula is C31H30N4O5. The number of carbonyl (C=O) groups is 3. The van der Waals surface area contributed by atoms with Gasteiger partial charge in [0.2, 0.25) is 0 Å². The van der Waals surface area contributed by atoms with Crippen molar-refractivity contribution in [3.05, 3.63) is 93.5 Å². The summed E-state index contributed by atoms with van der Waals surface area (Å²) in [6.07, 6.45) is 1.40. The number of barbiturate groups is 1. The van der Waals surface area contributed by atoms with E-state index in [1.807, 2.05) is 38.1 Å². The molecule has 9 heteroatoms. The largest absolute Gasteiger partial charge is 0.367 e. The Hall–Kier alpha value is -4.53. The lowest BCUT2D eigenvalue weighted by Crippen LogP contribution is -2.74. The molecule has 1 spiro atoms. The number of amides is 4. The number of non-ortho nitro benzene ring substituents is 1. The van der Waals surface area contributed by atoms with Gasteiger partial charge in [-0.1, -0.05) is 42.3 Å². The number of hydrogen-bond acceptors (Lipinski definition) is 6. The van der Waals surface area contributed by atoms with Crippen LogP contribution >= 0.6 is 0 Å². The maximum absolute atomic E-state index is 14.7. The first-order chi connectivity index (χ1) is 19.1. The summed E-state index contributed by atoms with van der Waals surface area (Å²) >= 11 is 0. The highest BCUT2D eigenvalue weighted by Gasteiger charge is 2.65. The smallest absolute Gasteiger partial charge is 0.342 e. The zero-order chi connectivity index (χ0) is 28.3.